The average molecular weight is 243 g/mol. The highest BCUT2D eigenvalue weighted by molar-refractivity contribution is 4.75. The smallest absolute Gasteiger partial charge is 0.385 e. The molecule has 2 unspecified atom stereocenters. The Morgan fingerprint density at radius 1 is 1.31 bits per heavy atom. The van der Waals surface area contributed by atoms with E-state index >= 15 is 0 Å². The number of hydrogen-bond donors (Lipinski definition) is 2. The number of aliphatic hydroxyl groups is 1. The Labute approximate surface area is 94.0 Å². The molecule has 6 heteroatoms. The van der Waals surface area contributed by atoms with Gasteiger partial charge in [-0.1, -0.05) is 13.8 Å². The molecule has 2 N–H and O–H groups in total. The predicted octanol–water partition coefficient (Wildman–Crippen LogP) is 1.56. The second-order valence-electron chi connectivity index (χ2n) is 4.10. The number of nitrogens with one attached hydrogen (secondary N) is 1. The number of alkyl halides is 3. The van der Waals surface area contributed by atoms with E-state index in [2.05, 4.69) is 5.32 Å². The highest BCUT2D eigenvalue weighted by Gasteiger charge is 2.38. The fourth-order valence-electron chi connectivity index (χ4n) is 1.29. The normalized spacial score (nSPS) is 16.5. The highest BCUT2D eigenvalue weighted by atomic mass is 19.4. The van der Waals surface area contributed by atoms with Crippen LogP contribution >= 0.6 is 0 Å². The summed E-state index contributed by atoms with van der Waals surface area (Å²) in [4.78, 5) is 0. The van der Waals surface area contributed by atoms with Crippen molar-refractivity contribution in [3.63, 3.8) is 0 Å². The van der Waals surface area contributed by atoms with Crippen LogP contribution in [-0.4, -0.2) is 43.7 Å². The molecule has 0 aromatic carbocycles. The summed E-state index contributed by atoms with van der Waals surface area (Å²) >= 11 is 0. The van der Waals surface area contributed by atoms with Crippen LogP contribution in [0.25, 0.3) is 0 Å². The minimum atomic E-state index is -4.56. The van der Waals surface area contributed by atoms with Crippen molar-refractivity contribution < 1.29 is 23.0 Å². The molecule has 0 fully saturated rings. The zero-order chi connectivity index (χ0) is 12.8. The Bertz CT molecular complexity index is 185. The lowest BCUT2D eigenvalue weighted by Gasteiger charge is -2.24. The molecule has 2 atom stereocenters. The van der Waals surface area contributed by atoms with Gasteiger partial charge in [0.2, 0.25) is 0 Å². The highest BCUT2D eigenvalue weighted by Crippen LogP contribution is 2.19. The van der Waals surface area contributed by atoms with Crippen molar-refractivity contribution in [1.29, 1.82) is 0 Å². The van der Waals surface area contributed by atoms with Crippen LogP contribution in [0.15, 0.2) is 0 Å². The molecule has 0 aliphatic heterocycles. The number of hydrogen-bond acceptors (Lipinski definition) is 3. The SMILES string of the molecule is COCCC(NCC(O)C(F)(F)F)C(C)C. The van der Waals surface area contributed by atoms with E-state index in [4.69, 9.17) is 9.84 Å². The first-order valence-corrected chi connectivity index (χ1v) is 5.26. The largest absolute Gasteiger partial charge is 0.415 e. The number of halogens is 3. The van der Waals surface area contributed by atoms with Crippen molar-refractivity contribution in [1.82, 2.24) is 5.32 Å². The molecule has 0 rings (SSSR count). The van der Waals surface area contributed by atoms with Crippen molar-refractivity contribution in [3.8, 4) is 0 Å². The van der Waals surface area contributed by atoms with Crippen molar-refractivity contribution in [3.05, 3.63) is 0 Å². The van der Waals surface area contributed by atoms with Gasteiger partial charge in [-0.2, -0.15) is 13.2 Å². The van der Waals surface area contributed by atoms with Crippen LogP contribution in [0.5, 0.6) is 0 Å². The third-order valence-corrected chi connectivity index (χ3v) is 2.39. The lowest BCUT2D eigenvalue weighted by Crippen LogP contribution is -2.44. The summed E-state index contributed by atoms with van der Waals surface area (Å²) in [6.07, 6.45) is -6.24. The van der Waals surface area contributed by atoms with E-state index in [1.165, 1.54) is 0 Å². The summed E-state index contributed by atoms with van der Waals surface area (Å²) in [6.45, 7) is 3.83. The van der Waals surface area contributed by atoms with Gasteiger partial charge < -0.3 is 15.2 Å². The van der Waals surface area contributed by atoms with Gasteiger partial charge in [-0.05, 0) is 12.3 Å². The maximum atomic E-state index is 12.0. The van der Waals surface area contributed by atoms with Crippen LogP contribution in [0.2, 0.25) is 0 Å². The molecule has 0 aromatic heterocycles. The molecule has 0 saturated carbocycles. The molecule has 98 valence electrons. The van der Waals surface area contributed by atoms with Crippen molar-refractivity contribution in [2.45, 2.75) is 38.6 Å². The lowest BCUT2D eigenvalue weighted by atomic mass is 10.0. The zero-order valence-electron chi connectivity index (χ0n) is 9.84. The third kappa shape index (κ3) is 6.30. The van der Waals surface area contributed by atoms with E-state index in [0.717, 1.165) is 0 Å². The fourth-order valence-corrected chi connectivity index (χ4v) is 1.29. The molecule has 0 spiro atoms. The van der Waals surface area contributed by atoms with Gasteiger partial charge in [0.25, 0.3) is 0 Å². The van der Waals surface area contributed by atoms with Gasteiger partial charge in [0.15, 0.2) is 6.10 Å². The molecule has 0 heterocycles. The maximum absolute atomic E-state index is 12.0. The van der Waals surface area contributed by atoms with Gasteiger partial charge in [-0.3, -0.25) is 0 Å². The molecule has 0 bridgehead atoms. The van der Waals surface area contributed by atoms with Crippen LogP contribution < -0.4 is 5.32 Å². The van der Waals surface area contributed by atoms with Crippen molar-refractivity contribution >= 4 is 0 Å². The lowest BCUT2D eigenvalue weighted by molar-refractivity contribution is -0.202. The van der Waals surface area contributed by atoms with E-state index in [-0.39, 0.29) is 12.0 Å². The first-order chi connectivity index (χ1) is 7.29. The van der Waals surface area contributed by atoms with Gasteiger partial charge in [0, 0.05) is 26.3 Å². The Balaban J connectivity index is 4.02. The number of ether oxygens (including phenoxy) is 1. The van der Waals surface area contributed by atoms with E-state index < -0.39 is 18.8 Å². The first kappa shape index (κ1) is 15.7. The quantitative estimate of drug-likeness (QED) is 0.713. The van der Waals surface area contributed by atoms with Crippen LogP contribution in [0.1, 0.15) is 20.3 Å². The molecule has 0 radical (unpaired) electrons. The van der Waals surface area contributed by atoms with Gasteiger partial charge in [-0.25, -0.2) is 0 Å². The molecule has 0 aliphatic carbocycles. The molecule has 0 saturated heterocycles. The van der Waals surface area contributed by atoms with Crippen molar-refractivity contribution in [2.75, 3.05) is 20.3 Å². The molecular formula is C10H20F3NO2. The second kappa shape index (κ2) is 7.09. The summed E-state index contributed by atoms with van der Waals surface area (Å²) in [5.74, 6) is 0.190. The predicted molar refractivity (Wildman–Crippen MR) is 55.2 cm³/mol. The monoisotopic (exact) mass is 243 g/mol. The Morgan fingerprint density at radius 2 is 1.88 bits per heavy atom. The molecule has 0 aromatic rings. The maximum Gasteiger partial charge on any atom is 0.415 e. The summed E-state index contributed by atoms with van der Waals surface area (Å²) in [5, 5.41) is 11.5. The Hall–Kier alpha value is -0.330. The topological polar surface area (TPSA) is 41.5 Å². The zero-order valence-corrected chi connectivity index (χ0v) is 9.84. The van der Waals surface area contributed by atoms with Gasteiger partial charge >= 0.3 is 6.18 Å². The molecular weight excluding hydrogens is 223 g/mol. The molecule has 3 nitrogen and oxygen atoms in total. The third-order valence-electron chi connectivity index (χ3n) is 2.39. The van der Waals surface area contributed by atoms with Gasteiger partial charge in [-0.15, -0.1) is 0 Å². The standard InChI is InChI=1S/C10H20F3NO2/c1-7(2)8(4-5-16-3)14-6-9(15)10(11,12)13/h7-9,14-15H,4-6H2,1-3H3. The molecule has 0 amide bonds. The molecule has 16 heavy (non-hydrogen) atoms. The second-order valence-corrected chi connectivity index (χ2v) is 4.10. The summed E-state index contributed by atoms with van der Waals surface area (Å²) < 4.78 is 41.0. The summed E-state index contributed by atoms with van der Waals surface area (Å²) in [6, 6.07) is -0.0862. The number of rotatable bonds is 7. The van der Waals surface area contributed by atoms with Crippen molar-refractivity contribution in [2.24, 2.45) is 5.92 Å². The number of aliphatic hydroxyl groups excluding tert-OH is 1. The first-order valence-electron chi connectivity index (χ1n) is 5.26. The van der Waals surface area contributed by atoms with Crippen LogP contribution in [0.4, 0.5) is 13.2 Å². The average Bonchev–Trinajstić information content (AvgIpc) is 2.15. The minimum Gasteiger partial charge on any atom is -0.385 e. The fraction of sp³-hybridized carbons (Fsp3) is 1.00. The Morgan fingerprint density at radius 3 is 2.25 bits per heavy atom. The minimum absolute atomic E-state index is 0.0862. The van der Waals surface area contributed by atoms with Gasteiger partial charge in [0.05, 0.1) is 0 Å². The van der Waals surface area contributed by atoms with Crippen LogP contribution in [-0.2, 0) is 4.74 Å². The van der Waals surface area contributed by atoms with Crippen LogP contribution in [0.3, 0.4) is 0 Å². The summed E-state index contributed by atoms with van der Waals surface area (Å²) in [5.41, 5.74) is 0. The van der Waals surface area contributed by atoms with E-state index in [1.807, 2.05) is 13.8 Å². The van der Waals surface area contributed by atoms with E-state index in [9.17, 15) is 13.2 Å². The van der Waals surface area contributed by atoms with E-state index in [0.29, 0.717) is 13.0 Å². The number of methoxy groups -OCH3 is 1. The van der Waals surface area contributed by atoms with Gasteiger partial charge in [0.1, 0.15) is 0 Å². The Kier molecular flexibility index (Phi) is 6.94. The molecule has 0 aliphatic rings. The van der Waals surface area contributed by atoms with Crippen LogP contribution in [0, 0.1) is 5.92 Å². The van der Waals surface area contributed by atoms with E-state index in [1.54, 1.807) is 7.11 Å². The summed E-state index contributed by atoms with van der Waals surface area (Å²) in [7, 11) is 1.54.